The zero-order valence-electron chi connectivity index (χ0n) is 18.6. The lowest BCUT2D eigenvalue weighted by Gasteiger charge is -2.29. The number of benzene rings is 3. The first-order valence-electron chi connectivity index (χ1n) is 11.5. The summed E-state index contributed by atoms with van der Waals surface area (Å²) in [4.78, 5) is 18.5. The molecule has 1 aliphatic heterocycles. The van der Waals surface area contributed by atoms with Gasteiger partial charge in [-0.15, -0.1) is 0 Å². The lowest BCUT2D eigenvalue weighted by Crippen LogP contribution is -2.41. The van der Waals surface area contributed by atoms with E-state index in [0.717, 1.165) is 33.3 Å². The van der Waals surface area contributed by atoms with Crippen LogP contribution in [0, 0.1) is 0 Å². The summed E-state index contributed by atoms with van der Waals surface area (Å²) in [7, 11) is 0. The summed E-state index contributed by atoms with van der Waals surface area (Å²) in [6, 6.07) is 26.5. The number of nitrogens with zero attached hydrogens (tertiary/aromatic N) is 1. The number of aromatic nitrogens is 1. The van der Waals surface area contributed by atoms with E-state index in [4.69, 9.17) is 9.47 Å². The number of ether oxygens (including phenoxy) is 2. The fourth-order valence-electron chi connectivity index (χ4n) is 4.47. The van der Waals surface area contributed by atoms with Gasteiger partial charge in [0.1, 0.15) is 12.4 Å². The normalized spacial score (nSPS) is 14.8. The van der Waals surface area contributed by atoms with Gasteiger partial charge in [0.25, 0.3) is 0 Å². The van der Waals surface area contributed by atoms with E-state index < -0.39 is 0 Å². The second-order valence-electron chi connectivity index (χ2n) is 8.39. The molecule has 1 aromatic heterocycles. The summed E-state index contributed by atoms with van der Waals surface area (Å²) in [6.45, 7) is 3.02. The summed E-state index contributed by atoms with van der Waals surface area (Å²) in [5.41, 5.74) is 4.41. The molecule has 5 rings (SSSR count). The van der Waals surface area contributed by atoms with Gasteiger partial charge in [-0.2, -0.15) is 0 Å². The van der Waals surface area contributed by atoms with Crippen molar-refractivity contribution in [3.05, 3.63) is 102 Å². The zero-order chi connectivity index (χ0) is 22.5. The number of amides is 1. The first-order chi connectivity index (χ1) is 16.3. The minimum atomic E-state index is -0.0724. The van der Waals surface area contributed by atoms with E-state index in [9.17, 15) is 4.79 Å². The number of para-hydroxylation sites is 1. The second-order valence-corrected chi connectivity index (χ2v) is 8.39. The van der Waals surface area contributed by atoms with E-state index in [2.05, 4.69) is 41.4 Å². The van der Waals surface area contributed by atoms with Gasteiger partial charge >= 0.3 is 0 Å². The molecule has 5 heteroatoms. The largest absolute Gasteiger partial charge is 0.489 e. The fraction of sp³-hybridized carbons (Fsp3) is 0.250. The smallest absolute Gasteiger partial charge is 0.223 e. The standard InChI is InChI=1S/C28H28N2O3/c31-28(30-13-15-32-16-14-30)18-25(26-19-29-27-12-5-4-11-24(26)27)22-9-6-10-23(17-22)33-20-21-7-2-1-3-8-21/h1-12,17,19,25,29H,13-16,18,20H2. The molecule has 33 heavy (non-hydrogen) atoms. The first-order valence-corrected chi connectivity index (χ1v) is 11.5. The number of carbonyl (C=O) groups is 1. The molecule has 0 saturated carbocycles. The van der Waals surface area contributed by atoms with Crippen molar-refractivity contribution < 1.29 is 14.3 Å². The van der Waals surface area contributed by atoms with Gasteiger partial charge in [-0.25, -0.2) is 0 Å². The number of fused-ring (bicyclic) bond motifs is 1. The minimum absolute atomic E-state index is 0.0724. The maximum absolute atomic E-state index is 13.2. The molecule has 168 valence electrons. The van der Waals surface area contributed by atoms with Crippen molar-refractivity contribution in [3.8, 4) is 5.75 Å². The van der Waals surface area contributed by atoms with Gasteiger partial charge in [-0.05, 0) is 34.9 Å². The van der Waals surface area contributed by atoms with E-state index in [1.165, 1.54) is 0 Å². The van der Waals surface area contributed by atoms with Crippen LogP contribution in [0.4, 0.5) is 0 Å². The van der Waals surface area contributed by atoms with Crippen LogP contribution in [0.1, 0.15) is 29.0 Å². The van der Waals surface area contributed by atoms with Crippen molar-refractivity contribution in [3.63, 3.8) is 0 Å². The van der Waals surface area contributed by atoms with Gasteiger partial charge in [0.2, 0.25) is 5.91 Å². The van der Waals surface area contributed by atoms with Gasteiger partial charge in [0.15, 0.2) is 0 Å². The van der Waals surface area contributed by atoms with Crippen LogP contribution < -0.4 is 4.74 Å². The Labute approximate surface area is 193 Å². The van der Waals surface area contributed by atoms with Gasteiger partial charge in [-0.1, -0.05) is 60.7 Å². The van der Waals surface area contributed by atoms with Crippen molar-refractivity contribution in [1.29, 1.82) is 0 Å². The monoisotopic (exact) mass is 440 g/mol. The van der Waals surface area contributed by atoms with E-state index in [-0.39, 0.29) is 11.8 Å². The molecule has 1 saturated heterocycles. The predicted molar refractivity (Wildman–Crippen MR) is 129 cm³/mol. The molecular weight excluding hydrogens is 412 g/mol. The summed E-state index contributed by atoms with van der Waals surface area (Å²) in [6.07, 6.45) is 2.45. The lowest BCUT2D eigenvalue weighted by atomic mass is 9.87. The number of rotatable bonds is 7. The van der Waals surface area contributed by atoms with Crippen molar-refractivity contribution >= 4 is 16.8 Å². The quantitative estimate of drug-likeness (QED) is 0.434. The molecule has 0 radical (unpaired) electrons. The third kappa shape index (κ3) is 4.94. The molecule has 1 aliphatic rings. The average molecular weight is 441 g/mol. The third-order valence-corrected chi connectivity index (χ3v) is 6.25. The summed E-state index contributed by atoms with van der Waals surface area (Å²) in [5, 5.41) is 1.15. The Morgan fingerprint density at radius 2 is 1.76 bits per heavy atom. The Kier molecular flexibility index (Phi) is 6.40. The number of hydrogen-bond acceptors (Lipinski definition) is 3. The van der Waals surface area contributed by atoms with Gasteiger partial charge < -0.3 is 19.4 Å². The highest BCUT2D eigenvalue weighted by atomic mass is 16.5. The predicted octanol–water partition coefficient (Wildman–Crippen LogP) is 5.13. The van der Waals surface area contributed by atoms with Crippen LogP contribution in [-0.2, 0) is 16.1 Å². The molecule has 1 atom stereocenters. The molecule has 3 aromatic carbocycles. The summed E-state index contributed by atoms with van der Waals surface area (Å²) in [5.74, 6) is 0.890. The summed E-state index contributed by atoms with van der Waals surface area (Å²) >= 11 is 0. The Morgan fingerprint density at radius 3 is 2.61 bits per heavy atom. The molecule has 1 N–H and O–H groups in total. The number of carbonyl (C=O) groups excluding carboxylic acids is 1. The summed E-state index contributed by atoms with van der Waals surface area (Å²) < 4.78 is 11.5. The van der Waals surface area contributed by atoms with Crippen LogP contribution in [0.5, 0.6) is 5.75 Å². The highest BCUT2D eigenvalue weighted by Crippen LogP contribution is 2.35. The molecular formula is C28H28N2O3. The molecule has 1 fully saturated rings. The van der Waals surface area contributed by atoms with Gasteiger partial charge in [-0.3, -0.25) is 4.79 Å². The number of H-pyrrole nitrogens is 1. The average Bonchev–Trinajstić information content (AvgIpc) is 3.31. The lowest BCUT2D eigenvalue weighted by molar-refractivity contribution is -0.135. The van der Waals surface area contributed by atoms with E-state index >= 15 is 0 Å². The molecule has 2 heterocycles. The highest BCUT2D eigenvalue weighted by Gasteiger charge is 2.25. The minimum Gasteiger partial charge on any atom is -0.489 e. The van der Waals surface area contributed by atoms with Crippen molar-refractivity contribution in [2.45, 2.75) is 18.9 Å². The van der Waals surface area contributed by atoms with Crippen LogP contribution in [0.15, 0.2) is 85.1 Å². The Balaban J connectivity index is 1.44. The maximum atomic E-state index is 13.2. The molecule has 5 nitrogen and oxygen atoms in total. The molecule has 1 unspecified atom stereocenters. The van der Waals surface area contributed by atoms with Gasteiger partial charge in [0, 0.05) is 42.5 Å². The number of morpholine rings is 1. The first kappa shape index (κ1) is 21.3. The SMILES string of the molecule is O=C(CC(c1cccc(OCc2ccccc2)c1)c1c[nH]c2ccccc12)N1CCOCC1. The van der Waals surface area contributed by atoms with Crippen LogP contribution in [-0.4, -0.2) is 42.1 Å². The zero-order valence-corrected chi connectivity index (χ0v) is 18.6. The van der Waals surface area contributed by atoms with Crippen molar-refractivity contribution in [1.82, 2.24) is 9.88 Å². The fourth-order valence-corrected chi connectivity index (χ4v) is 4.47. The maximum Gasteiger partial charge on any atom is 0.223 e. The number of aromatic amines is 1. The molecule has 0 spiro atoms. The van der Waals surface area contributed by atoms with Crippen molar-refractivity contribution in [2.75, 3.05) is 26.3 Å². The van der Waals surface area contributed by atoms with Crippen LogP contribution in [0.3, 0.4) is 0 Å². The molecule has 4 aromatic rings. The Hall–Kier alpha value is -3.57. The van der Waals surface area contributed by atoms with E-state index in [1.807, 2.05) is 53.6 Å². The molecule has 1 amide bonds. The molecule has 0 aliphatic carbocycles. The second kappa shape index (κ2) is 9.92. The van der Waals surface area contributed by atoms with Crippen LogP contribution >= 0.6 is 0 Å². The van der Waals surface area contributed by atoms with Crippen molar-refractivity contribution in [2.24, 2.45) is 0 Å². The molecule has 0 bridgehead atoms. The number of hydrogen-bond donors (Lipinski definition) is 1. The van der Waals surface area contributed by atoms with Crippen LogP contribution in [0.25, 0.3) is 10.9 Å². The van der Waals surface area contributed by atoms with E-state index in [0.29, 0.717) is 39.3 Å². The number of nitrogens with one attached hydrogen (secondary N) is 1. The van der Waals surface area contributed by atoms with Gasteiger partial charge in [0.05, 0.1) is 13.2 Å². The van der Waals surface area contributed by atoms with Crippen LogP contribution in [0.2, 0.25) is 0 Å². The topological polar surface area (TPSA) is 54.6 Å². The van der Waals surface area contributed by atoms with E-state index in [1.54, 1.807) is 0 Å². The Bertz CT molecular complexity index is 1210. The Morgan fingerprint density at radius 1 is 0.970 bits per heavy atom. The third-order valence-electron chi connectivity index (χ3n) is 6.25. The highest BCUT2D eigenvalue weighted by molar-refractivity contribution is 5.86.